The van der Waals surface area contributed by atoms with Crippen LogP contribution in [0.1, 0.15) is 17.3 Å². The second-order valence-electron chi connectivity index (χ2n) is 5.18. The van der Waals surface area contributed by atoms with Crippen molar-refractivity contribution >= 4 is 40.0 Å². The number of hydrogen-bond acceptors (Lipinski definition) is 4. The molecule has 0 fully saturated rings. The van der Waals surface area contributed by atoms with Gasteiger partial charge in [-0.1, -0.05) is 12.1 Å². The minimum atomic E-state index is -0.819. The smallest absolute Gasteiger partial charge is 0.314 e. The van der Waals surface area contributed by atoms with Crippen molar-refractivity contribution < 1.29 is 14.4 Å². The van der Waals surface area contributed by atoms with Gasteiger partial charge in [0.15, 0.2) is 5.78 Å². The zero-order chi connectivity index (χ0) is 17.1. The lowest BCUT2D eigenvalue weighted by molar-refractivity contribution is -0.132. The lowest BCUT2D eigenvalue weighted by atomic mass is 10.1. The maximum atomic E-state index is 12.0. The second-order valence-corrected chi connectivity index (χ2v) is 5.18. The van der Waals surface area contributed by atoms with Gasteiger partial charge in [0.2, 0.25) is 0 Å². The van der Waals surface area contributed by atoms with Gasteiger partial charge in [0.1, 0.15) is 0 Å². The van der Waals surface area contributed by atoms with E-state index < -0.39 is 11.8 Å². The first kappa shape index (κ1) is 15.4. The number of anilines is 2. The van der Waals surface area contributed by atoms with E-state index >= 15 is 0 Å². The normalized spacial score (nSPS) is 10.4. The van der Waals surface area contributed by atoms with Gasteiger partial charge in [-0.3, -0.25) is 14.4 Å². The van der Waals surface area contributed by atoms with Crippen LogP contribution < -0.4 is 10.6 Å². The molecule has 3 rings (SSSR count). The van der Waals surface area contributed by atoms with Crippen LogP contribution in [0.5, 0.6) is 0 Å². The number of aromatic amines is 1. The zero-order valence-electron chi connectivity index (χ0n) is 12.8. The standard InChI is InChI=1S/C17H14N4O3/c1-10(22)11-3-2-4-12(7-11)20-16(23)17(24)21-13-5-6-14-15(8-13)19-9-18-14/h2-9H,1H3,(H,18,19)(H,20,23)(H,21,24). The number of carbonyl (C=O) groups is 3. The Morgan fingerprint density at radius 3 is 2.38 bits per heavy atom. The van der Waals surface area contributed by atoms with Crippen molar-refractivity contribution in [2.24, 2.45) is 0 Å². The lowest BCUT2D eigenvalue weighted by Crippen LogP contribution is -2.29. The van der Waals surface area contributed by atoms with Crippen molar-refractivity contribution in [3.05, 3.63) is 54.4 Å². The summed E-state index contributed by atoms with van der Waals surface area (Å²) in [6, 6.07) is 11.5. The number of H-pyrrole nitrogens is 1. The number of ketones is 1. The van der Waals surface area contributed by atoms with Crippen molar-refractivity contribution in [2.75, 3.05) is 10.6 Å². The van der Waals surface area contributed by atoms with E-state index in [2.05, 4.69) is 20.6 Å². The number of imidazole rings is 1. The minimum absolute atomic E-state index is 0.122. The molecule has 0 saturated heterocycles. The van der Waals surface area contributed by atoms with Gasteiger partial charge < -0.3 is 15.6 Å². The molecular weight excluding hydrogens is 308 g/mol. The summed E-state index contributed by atoms with van der Waals surface area (Å²) in [4.78, 5) is 42.3. The first-order valence-corrected chi connectivity index (χ1v) is 7.19. The van der Waals surface area contributed by atoms with E-state index in [0.717, 1.165) is 11.0 Å². The maximum absolute atomic E-state index is 12.0. The molecule has 2 aromatic carbocycles. The number of amides is 2. The summed E-state index contributed by atoms with van der Waals surface area (Å²) in [5.74, 6) is -1.74. The fourth-order valence-corrected chi connectivity index (χ4v) is 2.21. The Kier molecular flexibility index (Phi) is 4.07. The van der Waals surface area contributed by atoms with Crippen LogP contribution in [0.4, 0.5) is 11.4 Å². The quantitative estimate of drug-likeness (QED) is 0.508. The van der Waals surface area contributed by atoms with Gasteiger partial charge in [0, 0.05) is 16.9 Å². The molecule has 0 unspecified atom stereocenters. The molecule has 0 aliphatic carbocycles. The number of aromatic nitrogens is 2. The monoisotopic (exact) mass is 322 g/mol. The van der Waals surface area contributed by atoms with Crippen LogP contribution in [0.25, 0.3) is 11.0 Å². The molecule has 3 aromatic rings. The first-order chi connectivity index (χ1) is 11.5. The van der Waals surface area contributed by atoms with Crippen molar-refractivity contribution in [3.8, 4) is 0 Å². The van der Waals surface area contributed by atoms with E-state index in [1.807, 2.05) is 0 Å². The highest BCUT2D eigenvalue weighted by atomic mass is 16.2. The molecule has 3 N–H and O–H groups in total. The molecule has 0 saturated carbocycles. The fraction of sp³-hybridized carbons (Fsp3) is 0.0588. The zero-order valence-corrected chi connectivity index (χ0v) is 12.8. The Hall–Kier alpha value is -3.48. The summed E-state index contributed by atoms with van der Waals surface area (Å²) >= 11 is 0. The summed E-state index contributed by atoms with van der Waals surface area (Å²) in [6.07, 6.45) is 1.55. The molecule has 120 valence electrons. The number of rotatable bonds is 3. The molecule has 0 bridgehead atoms. The molecule has 7 nitrogen and oxygen atoms in total. The third kappa shape index (κ3) is 3.30. The molecule has 0 spiro atoms. The van der Waals surface area contributed by atoms with Gasteiger partial charge >= 0.3 is 11.8 Å². The maximum Gasteiger partial charge on any atom is 0.314 e. The van der Waals surface area contributed by atoms with E-state index in [-0.39, 0.29) is 5.78 Å². The molecule has 2 amide bonds. The van der Waals surface area contributed by atoms with E-state index in [0.29, 0.717) is 16.9 Å². The third-order valence-corrected chi connectivity index (χ3v) is 3.41. The molecule has 0 aliphatic heterocycles. The first-order valence-electron chi connectivity index (χ1n) is 7.19. The van der Waals surface area contributed by atoms with Gasteiger partial charge in [0.05, 0.1) is 17.4 Å². The van der Waals surface area contributed by atoms with Gasteiger partial charge in [-0.2, -0.15) is 0 Å². The van der Waals surface area contributed by atoms with Crippen LogP contribution in [0.2, 0.25) is 0 Å². The second kappa shape index (κ2) is 6.33. The summed E-state index contributed by atoms with van der Waals surface area (Å²) < 4.78 is 0. The van der Waals surface area contributed by atoms with Gasteiger partial charge in [-0.05, 0) is 37.3 Å². The number of nitrogens with zero attached hydrogens (tertiary/aromatic N) is 1. The number of hydrogen-bond donors (Lipinski definition) is 3. The number of carbonyl (C=O) groups excluding carboxylic acids is 3. The van der Waals surface area contributed by atoms with Crippen LogP contribution in [0.3, 0.4) is 0 Å². The largest absolute Gasteiger partial charge is 0.345 e. The summed E-state index contributed by atoms with van der Waals surface area (Å²) in [7, 11) is 0. The number of Topliss-reactive ketones (excluding diaryl/α,β-unsaturated/α-hetero) is 1. The topological polar surface area (TPSA) is 104 Å². The van der Waals surface area contributed by atoms with Crippen LogP contribution in [-0.4, -0.2) is 27.6 Å². The fourth-order valence-electron chi connectivity index (χ4n) is 2.21. The Balaban J connectivity index is 1.69. The van der Waals surface area contributed by atoms with Crippen LogP contribution in [0.15, 0.2) is 48.8 Å². The molecule has 0 radical (unpaired) electrons. The predicted molar refractivity (Wildman–Crippen MR) is 89.8 cm³/mol. The Labute approximate surface area is 137 Å². The molecule has 1 aromatic heterocycles. The summed E-state index contributed by atoms with van der Waals surface area (Å²) in [6.45, 7) is 1.43. The van der Waals surface area contributed by atoms with Crippen molar-refractivity contribution in [3.63, 3.8) is 0 Å². The van der Waals surface area contributed by atoms with E-state index in [1.165, 1.54) is 13.0 Å². The van der Waals surface area contributed by atoms with Crippen molar-refractivity contribution in [2.45, 2.75) is 6.92 Å². The molecule has 7 heteroatoms. The summed E-state index contributed by atoms with van der Waals surface area (Å²) in [5, 5.41) is 4.98. The van der Waals surface area contributed by atoms with Gasteiger partial charge in [0.25, 0.3) is 0 Å². The molecule has 0 atom stereocenters. The average Bonchev–Trinajstić information content (AvgIpc) is 3.02. The van der Waals surface area contributed by atoms with Crippen LogP contribution in [-0.2, 0) is 9.59 Å². The lowest BCUT2D eigenvalue weighted by Gasteiger charge is -2.07. The highest BCUT2D eigenvalue weighted by molar-refractivity contribution is 6.43. The number of fused-ring (bicyclic) bond motifs is 1. The predicted octanol–water partition coefficient (Wildman–Crippen LogP) is 2.34. The Bertz CT molecular complexity index is 946. The molecular formula is C17H14N4O3. The van der Waals surface area contributed by atoms with Crippen molar-refractivity contribution in [1.82, 2.24) is 9.97 Å². The number of benzene rings is 2. The highest BCUT2D eigenvalue weighted by Gasteiger charge is 2.15. The van der Waals surface area contributed by atoms with Gasteiger partial charge in [-0.15, -0.1) is 0 Å². The Morgan fingerprint density at radius 1 is 0.958 bits per heavy atom. The SMILES string of the molecule is CC(=O)c1cccc(NC(=O)C(=O)Nc2ccc3nc[nH]c3c2)c1. The number of nitrogens with one attached hydrogen (secondary N) is 3. The van der Waals surface area contributed by atoms with Crippen molar-refractivity contribution in [1.29, 1.82) is 0 Å². The van der Waals surface area contributed by atoms with E-state index in [9.17, 15) is 14.4 Å². The minimum Gasteiger partial charge on any atom is -0.345 e. The highest BCUT2D eigenvalue weighted by Crippen LogP contribution is 2.16. The summed E-state index contributed by atoms with van der Waals surface area (Å²) in [5.41, 5.74) is 2.83. The van der Waals surface area contributed by atoms with E-state index in [1.54, 1.807) is 42.7 Å². The molecule has 1 heterocycles. The van der Waals surface area contributed by atoms with Crippen LogP contribution in [0, 0.1) is 0 Å². The van der Waals surface area contributed by atoms with Gasteiger partial charge in [-0.25, -0.2) is 4.98 Å². The van der Waals surface area contributed by atoms with E-state index in [4.69, 9.17) is 0 Å². The molecule has 0 aliphatic rings. The van der Waals surface area contributed by atoms with Crippen LogP contribution >= 0.6 is 0 Å². The third-order valence-electron chi connectivity index (χ3n) is 3.41. The average molecular weight is 322 g/mol. The Morgan fingerprint density at radius 2 is 1.67 bits per heavy atom. The molecule has 24 heavy (non-hydrogen) atoms.